The van der Waals surface area contributed by atoms with Crippen molar-refractivity contribution in [2.45, 2.75) is 18.9 Å². The van der Waals surface area contributed by atoms with Gasteiger partial charge in [-0.2, -0.15) is 0 Å². The van der Waals surface area contributed by atoms with Gasteiger partial charge in [-0.25, -0.2) is 4.98 Å². The minimum absolute atomic E-state index is 0.433. The first-order chi connectivity index (χ1) is 7.66. The molecule has 1 atom stereocenters. The molecule has 5 nitrogen and oxygen atoms in total. The molecule has 0 aliphatic carbocycles. The smallest absolute Gasteiger partial charge is 0.125 e. The zero-order chi connectivity index (χ0) is 11.5. The Morgan fingerprint density at radius 3 is 2.94 bits per heavy atom. The highest BCUT2D eigenvalue weighted by molar-refractivity contribution is 5.74. The Bertz CT molecular complexity index is 474. The summed E-state index contributed by atoms with van der Waals surface area (Å²) in [4.78, 5) is 18.0. The predicted molar refractivity (Wildman–Crippen MR) is 56.1 cm³/mol. The van der Waals surface area contributed by atoms with E-state index < -0.39 is 12.0 Å². The lowest BCUT2D eigenvalue weighted by Crippen LogP contribution is -2.68. The third-order valence-corrected chi connectivity index (χ3v) is 2.50. The lowest BCUT2D eigenvalue weighted by atomic mass is 10.2. The van der Waals surface area contributed by atoms with Crippen molar-refractivity contribution in [3.8, 4) is 0 Å². The first kappa shape index (κ1) is 10.6. The highest BCUT2D eigenvalue weighted by Crippen LogP contribution is 2.11. The highest BCUT2D eigenvalue weighted by Gasteiger charge is 2.09. The molecule has 1 heterocycles. The molecular formula is C11H13N3O2. The SMILES string of the molecule is [NH3+][C@H](CCc1nc2ccccc2[nH]1)C(=O)[O-]. The zero-order valence-corrected chi connectivity index (χ0v) is 8.77. The number of quaternary nitrogens is 1. The van der Waals surface area contributed by atoms with Gasteiger partial charge in [0.2, 0.25) is 0 Å². The van der Waals surface area contributed by atoms with Crippen LogP contribution in [0.1, 0.15) is 12.2 Å². The van der Waals surface area contributed by atoms with Gasteiger partial charge >= 0.3 is 0 Å². The number of carboxylic acid groups (broad SMARTS) is 1. The maximum Gasteiger partial charge on any atom is 0.125 e. The molecule has 84 valence electrons. The first-order valence-corrected chi connectivity index (χ1v) is 5.14. The average Bonchev–Trinajstić information content (AvgIpc) is 2.68. The van der Waals surface area contributed by atoms with E-state index in [1.54, 1.807) is 0 Å². The van der Waals surface area contributed by atoms with Gasteiger partial charge in [0.25, 0.3) is 0 Å². The number of fused-ring (bicyclic) bond motifs is 1. The van der Waals surface area contributed by atoms with Crippen LogP contribution in [0.3, 0.4) is 0 Å². The Kier molecular flexibility index (Phi) is 2.87. The number of nitrogens with zero attached hydrogens (tertiary/aromatic N) is 1. The Morgan fingerprint density at radius 1 is 1.50 bits per heavy atom. The molecule has 0 spiro atoms. The normalized spacial score (nSPS) is 12.8. The molecular weight excluding hydrogens is 206 g/mol. The summed E-state index contributed by atoms with van der Waals surface area (Å²) in [6.45, 7) is 0. The van der Waals surface area contributed by atoms with Crippen LogP contribution in [0.5, 0.6) is 0 Å². The van der Waals surface area contributed by atoms with Crippen LogP contribution in [-0.2, 0) is 11.2 Å². The van der Waals surface area contributed by atoms with Gasteiger partial charge in [0.1, 0.15) is 11.9 Å². The van der Waals surface area contributed by atoms with Crippen LogP contribution in [0.4, 0.5) is 0 Å². The molecule has 0 unspecified atom stereocenters. The first-order valence-electron chi connectivity index (χ1n) is 5.14. The van der Waals surface area contributed by atoms with Gasteiger partial charge in [0.05, 0.1) is 17.0 Å². The molecule has 0 aliphatic rings. The third-order valence-electron chi connectivity index (χ3n) is 2.50. The highest BCUT2D eigenvalue weighted by atomic mass is 16.4. The second-order valence-corrected chi connectivity index (χ2v) is 3.76. The van der Waals surface area contributed by atoms with Crippen LogP contribution in [0.25, 0.3) is 11.0 Å². The summed E-state index contributed by atoms with van der Waals surface area (Å²) in [5, 5.41) is 10.5. The van der Waals surface area contributed by atoms with Gasteiger partial charge in [-0.05, 0) is 12.1 Å². The summed E-state index contributed by atoms with van der Waals surface area (Å²) in [5.41, 5.74) is 5.36. The minimum atomic E-state index is -1.11. The number of H-pyrrole nitrogens is 1. The number of aromatic amines is 1. The number of carbonyl (C=O) groups is 1. The molecule has 1 aromatic carbocycles. The Labute approximate surface area is 92.3 Å². The van der Waals surface area contributed by atoms with Crippen molar-refractivity contribution in [1.29, 1.82) is 0 Å². The van der Waals surface area contributed by atoms with Crippen molar-refractivity contribution in [2.24, 2.45) is 0 Å². The molecule has 0 amide bonds. The van der Waals surface area contributed by atoms with E-state index in [4.69, 9.17) is 0 Å². The van der Waals surface area contributed by atoms with Crippen LogP contribution in [0, 0.1) is 0 Å². The summed E-state index contributed by atoms with van der Waals surface area (Å²) in [6, 6.07) is 7.00. The van der Waals surface area contributed by atoms with Gasteiger partial charge in [-0.3, -0.25) is 0 Å². The molecule has 16 heavy (non-hydrogen) atoms. The molecule has 0 aliphatic heterocycles. The largest absolute Gasteiger partial charge is 0.544 e. The molecule has 2 aromatic rings. The molecule has 0 saturated carbocycles. The lowest BCUT2D eigenvalue weighted by Gasteiger charge is -2.07. The molecule has 2 rings (SSSR count). The van der Waals surface area contributed by atoms with Gasteiger partial charge in [0, 0.05) is 12.8 Å². The number of benzene rings is 1. The number of carboxylic acids is 1. The topological polar surface area (TPSA) is 96.5 Å². The minimum Gasteiger partial charge on any atom is -0.544 e. The van der Waals surface area contributed by atoms with Gasteiger partial charge in [0.15, 0.2) is 0 Å². The monoisotopic (exact) mass is 219 g/mol. The second-order valence-electron chi connectivity index (χ2n) is 3.76. The molecule has 0 saturated heterocycles. The number of rotatable bonds is 4. The summed E-state index contributed by atoms with van der Waals surface area (Å²) >= 11 is 0. The fourth-order valence-corrected chi connectivity index (χ4v) is 1.55. The zero-order valence-electron chi connectivity index (χ0n) is 8.77. The Balaban J connectivity index is 2.07. The number of imidazole rings is 1. The number of hydrogen-bond acceptors (Lipinski definition) is 3. The van der Waals surface area contributed by atoms with Crippen LogP contribution < -0.4 is 10.8 Å². The number of para-hydroxylation sites is 2. The van der Waals surface area contributed by atoms with Crippen LogP contribution >= 0.6 is 0 Å². The van der Waals surface area contributed by atoms with E-state index >= 15 is 0 Å². The quantitative estimate of drug-likeness (QED) is 0.680. The average molecular weight is 219 g/mol. The van der Waals surface area contributed by atoms with Crippen molar-refractivity contribution in [1.82, 2.24) is 9.97 Å². The van der Waals surface area contributed by atoms with Crippen molar-refractivity contribution in [3.05, 3.63) is 30.1 Å². The van der Waals surface area contributed by atoms with E-state index in [0.29, 0.717) is 12.8 Å². The van der Waals surface area contributed by atoms with E-state index in [1.807, 2.05) is 24.3 Å². The van der Waals surface area contributed by atoms with Crippen LogP contribution in [0.2, 0.25) is 0 Å². The van der Waals surface area contributed by atoms with E-state index in [-0.39, 0.29) is 0 Å². The van der Waals surface area contributed by atoms with Gasteiger partial charge < -0.3 is 20.6 Å². The van der Waals surface area contributed by atoms with E-state index in [2.05, 4.69) is 15.7 Å². The molecule has 5 heteroatoms. The van der Waals surface area contributed by atoms with E-state index in [9.17, 15) is 9.90 Å². The number of aromatic nitrogens is 2. The Morgan fingerprint density at radius 2 is 2.25 bits per heavy atom. The van der Waals surface area contributed by atoms with Gasteiger partial charge in [-0.15, -0.1) is 0 Å². The molecule has 4 N–H and O–H groups in total. The summed E-state index contributed by atoms with van der Waals surface area (Å²) < 4.78 is 0. The number of nitrogens with one attached hydrogen (secondary N) is 1. The summed E-state index contributed by atoms with van der Waals surface area (Å²) in [6.07, 6.45) is 0.999. The number of aryl methyl sites for hydroxylation is 1. The fraction of sp³-hybridized carbons (Fsp3) is 0.273. The van der Waals surface area contributed by atoms with Crippen molar-refractivity contribution < 1.29 is 15.6 Å². The van der Waals surface area contributed by atoms with Crippen molar-refractivity contribution in [3.63, 3.8) is 0 Å². The fourth-order valence-electron chi connectivity index (χ4n) is 1.55. The maximum atomic E-state index is 10.5. The Hall–Kier alpha value is -1.88. The lowest BCUT2D eigenvalue weighted by molar-refractivity contribution is -0.438. The molecule has 0 bridgehead atoms. The van der Waals surface area contributed by atoms with Crippen molar-refractivity contribution in [2.75, 3.05) is 0 Å². The van der Waals surface area contributed by atoms with Crippen molar-refractivity contribution >= 4 is 17.0 Å². The van der Waals surface area contributed by atoms with Gasteiger partial charge in [-0.1, -0.05) is 12.1 Å². The van der Waals surface area contributed by atoms with Crippen LogP contribution in [0.15, 0.2) is 24.3 Å². The standard InChI is InChI=1S/C11H13N3O2/c12-7(11(15)16)5-6-10-13-8-3-1-2-4-9(8)14-10/h1-4,7H,5-6,12H2,(H,13,14)(H,15,16)/t7-/m1/s1. The van der Waals surface area contributed by atoms with E-state index in [1.165, 1.54) is 0 Å². The second kappa shape index (κ2) is 4.32. The predicted octanol–water partition coefficient (Wildman–Crippen LogP) is -1.14. The number of hydrogen-bond donors (Lipinski definition) is 2. The summed E-state index contributed by atoms with van der Waals surface area (Å²) in [7, 11) is 0. The molecule has 0 radical (unpaired) electrons. The van der Waals surface area contributed by atoms with Crippen LogP contribution in [-0.4, -0.2) is 22.0 Å². The molecule has 1 aromatic heterocycles. The molecule has 0 fully saturated rings. The van der Waals surface area contributed by atoms with E-state index in [0.717, 1.165) is 16.9 Å². The maximum absolute atomic E-state index is 10.5. The third kappa shape index (κ3) is 2.20. The summed E-state index contributed by atoms with van der Waals surface area (Å²) in [5.74, 6) is -0.327. The number of aliphatic carboxylic acids is 1. The number of carbonyl (C=O) groups excluding carboxylic acids is 1.